The normalized spacial score (nSPS) is 31.6. The van der Waals surface area contributed by atoms with Gasteiger partial charge in [-0.1, -0.05) is 13.0 Å². The molecule has 0 bridgehead atoms. The minimum atomic E-state index is -0.349. The van der Waals surface area contributed by atoms with Gasteiger partial charge in [0.15, 0.2) is 0 Å². The molecule has 0 saturated heterocycles. The zero-order valence-electron chi connectivity index (χ0n) is 9.51. The van der Waals surface area contributed by atoms with Gasteiger partial charge in [-0.25, -0.2) is 4.79 Å². The molecule has 3 heteroatoms. The maximum Gasteiger partial charge on any atom is 0.336 e. The Hall–Kier alpha value is -1.35. The third-order valence-corrected chi connectivity index (χ3v) is 3.26. The van der Waals surface area contributed by atoms with Gasteiger partial charge in [-0.05, 0) is 31.4 Å². The number of rotatable bonds is 1. The van der Waals surface area contributed by atoms with Crippen LogP contribution in [0, 0.1) is 11.8 Å². The fraction of sp³-hybridized carbons (Fsp3) is 0.462. The van der Waals surface area contributed by atoms with Crippen molar-refractivity contribution in [3.63, 3.8) is 0 Å². The van der Waals surface area contributed by atoms with E-state index in [0.717, 1.165) is 11.6 Å². The van der Waals surface area contributed by atoms with Gasteiger partial charge in [-0.15, -0.1) is 0 Å². The highest BCUT2D eigenvalue weighted by atomic mass is 16.4. The lowest BCUT2D eigenvalue weighted by molar-refractivity contribution is 0.00979. The van der Waals surface area contributed by atoms with Crippen molar-refractivity contribution < 1.29 is 9.52 Å². The zero-order valence-corrected chi connectivity index (χ0v) is 9.51. The minimum absolute atomic E-state index is 0.101. The van der Waals surface area contributed by atoms with Crippen molar-refractivity contribution >= 4 is 12.2 Å². The summed E-state index contributed by atoms with van der Waals surface area (Å²) in [6.45, 7) is 3.98. The van der Waals surface area contributed by atoms with Gasteiger partial charge >= 0.3 is 5.63 Å². The molecule has 1 N–H and O–H groups in total. The first-order valence-electron chi connectivity index (χ1n) is 5.58. The first-order chi connectivity index (χ1) is 7.61. The summed E-state index contributed by atoms with van der Waals surface area (Å²) in [5.74, 6) is 0.550. The van der Waals surface area contributed by atoms with Crippen molar-refractivity contribution in [3.8, 4) is 0 Å². The topological polar surface area (TPSA) is 50.4 Å². The van der Waals surface area contributed by atoms with Crippen LogP contribution in [0.5, 0.6) is 0 Å². The lowest BCUT2D eigenvalue weighted by Crippen LogP contribution is -2.41. The van der Waals surface area contributed by atoms with Crippen molar-refractivity contribution in [2.45, 2.75) is 26.4 Å². The molecule has 0 aromatic carbocycles. The third kappa shape index (κ3) is 1.95. The Labute approximate surface area is 93.7 Å². The van der Waals surface area contributed by atoms with Crippen molar-refractivity contribution in [3.05, 3.63) is 33.2 Å². The SMILES string of the molecule is C/C=c1/ccc(=O)o/c1=C/C1C(C)CC1O. The van der Waals surface area contributed by atoms with E-state index >= 15 is 0 Å². The Bertz CT molecular complexity index is 533. The molecule has 0 spiro atoms. The molecule has 3 atom stereocenters. The quantitative estimate of drug-likeness (QED) is 0.737. The number of aliphatic hydroxyl groups excluding tert-OH is 1. The van der Waals surface area contributed by atoms with E-state index in [4.69, 9.17) is 4.42 Å². The van der Waals surface area contributed by atoms with Gasteiger partial charge in [0, 0.05) is 17.2 Å². The Morgan fingerprint density at radius 2 is 2.25 bits per heavy atom. The van der Waals surface area contributed by atoms with E-state index in [2.05, 4.69) is 6.92 Å². The second kappa shape index (κ2) is 4.26. The molecular formula is C13H16O3. The summed E-state index contributed by atoms with van der Waals surface area (Å²) >= 11 is 0. The molecule has 1 saturated carbocycles. The average Bonchev–Trinajstić information content (AvgIpc) is 2.26. The molecule has 2 rings (SSSR count). The smallest absolute Gasteiger partial charge is 0.336 e. The van der Waals surface area contributed by atoms with Crippen LogP contribution in [0.4, 0.5) is 0 Å². The zero-order chi connectivity index (χ0) is 11.7. The van der Waals surface area contributed by atoms with Crippen LogP contribution in [0.25, 0.3) is 12.2 Å². The average molecular weight is 220 g/mol. The lowest BCUT2D eigenvalue weighted by Gasteiger charge is -2.37. The Balaban J connectivity index is 2.51. The fourth-order valence-corrected chi connectivity index (χ4v) is 2.14. The molecule has 1 aromatic rings. The summed E-state index contributed by atoms with van der Waals surface area (Å²) in [7, 11) is 0. The molecule has 0 amide bonds. The highest BCUT2D eigenvalue weighted by Gasteiger charge is 2.34. The highest BCUT2D eigenvalue weighted by Crippen LogP contribution is 2.34. The highest BCUT2D eigenvalue weighted by molar-refractivity contribution is 5.31. The molecule has 86 valence electrons. The van der Waals surface area contributed by atoms with Crippen LogP contribution in [-0.2, 0) is 0 Å². The van der Waals surface area contributed by atoms with Crippen LogP contribution < -0.4 is 16.3 Å². The Morgan fingerprint density at radius 3 is 2.81 bits per heavy atom. The summed E-state index contributed by atoms with van der Waals surface area (Å²) in [6.07, 6.45) is 4.29. The molecule has 1 aliphatic rings. The summed E-state index contributed by atoms with van der Waals surface area (Å²) in [4.78, 5) is 11.1. The standard InChI is InChI=1S/C13H16O3/c1-3-9-4-5-13(15)16-12(9)7-10-8(2)6-11(10)14/h3-5,7-8,10-11,14H,6H2,1-2H3/b9-3-,12-7+. The van der Waals surface area contributed by atoms with Crippen LogP contribution in [0.1, 0.15) is 20.3 Å². The van der Waals surface area contributed by atoms with Gasteiger partial charge in [0.1, 0.15) is 5.42 Å². The second-order valence-electron chi connectivity index (χ2n) is 4.39. The molecule has 1 fully saturated rings. The molecule has 1 aliphatic carbocycles. The summed E-state index contributed by atoms with van der Waals surface area (Å²) in [6, 6.07) is 3.15. The van der Waals surface area contributed by atoms with E-state index in [0.29, 0.717) is 11.3 Å². The molecule has 0 radical (unpaired) electrons. The molecule has 1 aromatic heterocycles. The number of hydrogen-bond donors (Lipinski definition) is 1. The molecular weight excluding hydrogens is 204 g/mol. The van der Waals surface area contributed by atoms with Crippen molar-refractivity contribution in [2.24, 2.45) is 11.8 Å². The molecule has 16 heavy (non-hydrogen) atoms. The van der Waals surface area contributed by atoms with E-state index < -0.39 is 0 Å². The predicted octanol–water partition coefficient (Wildman–Crippen LogP) is 0.238. The van der Waals surface area contributed by atoms with Crippen molar-refractivity contribution in [2.75, 3.05) is 0 Å². The Kier molecular flexibility index (Phi) is 2.97. The summed E-state index contributed by atoms with van der Waals surface area (Å²) in [5.41, 5.74) is 0.226. The third-order valence-electron chi connectivity index (χ3n) is 3.26. The van der Waals surface area contributed by atoms with E-state index in [-0.39, 0.29) is 17.6 Å². The lowest BCUT2D eigenvalue weighted by atomic mass is 9.72. The van der Waals surface area contributed by atoms with Crippen LogP contribution in [0.3, 0.4) is 0 Å². The van der Waals surface area contributed by atoms with Gasteiger partial charge in [-0.3, -0.25) is 0 Å². The van der Waals surface area contributed by atoms with Crippen LogP contribution in [0.2, 0.25) is 0 Å². The number of aliphatic hydroxyl groups is 1. The number of hydrogen-bond acceptors (Lipinski definition) is 3. The van der Waals surface area contributed by atoms with Crippen molar-refractivity contribution in [1.82, 2.24) is 0 Å². The van der Waals surface area contributed by atoms with E-state index in [1.165, 1.54) is 6.07 Å². The minimum Gasteiger partial charge on any atom is -0.423 e. The Morgan fingerprint density at radius 1 is 1.50 bits per heavy atom. The van der Waals surface area contributed by atoms with E-state index in [1.807, 2.05) is 19.1 Å². The predicted molar refractivity (Wildman–Crippen MR) is 62.1 cm³/mol. The van der Waals surface area contributed by atoms with Crippen LogP contribution in [-0.4, -0.2) is 11.2 Å². The van der Waals surface area contributed by atoms with Gasteiger partial charge in [0.05, 0.1) is 6.10 Å². The molecule has 1 heterocycles. The van der Waals surface area contributed by atoms with Crippen LogP contribution in [0.15, 0.2) is 21.3 Å². The van der Waals surface area contributed by atoms with Crippen LogP contribution >= 0.6 is 0 Å². The van der Waals surface area contributed by atoms with Crippen molar-refractivity contribution in [1.29, 1.82) is 0 Å². The molecule has 3 nitrogen and oxygen atoms in total. The second-order valence-corrected chi connectivity index (χ2v) is 4.39. The molecule has 3 unspecified atom stereocenters. The van der Waals surface area contributed by atoms with Gasteiger partial charge in [0.2, 0.25) is 0 Å². The maximum atomic E-state index is 11.1. The van der Waals surface area contributed by atoms with E-state index in [9.17, 15) is 9.90 Å². The molecule has 0 aliphatic heterocycles. The summed E-state index contributed by atoms with van der Waals surface area (Å²) in [5, 5.41) is 10.5. The monoisotopic (exact) mass is 220 g/mol. The van der Waals surface area contributed by atoms with Gasteiger partial charge in [0.25, 0.3) is 0 Å². The first kappa shape index (κ1) is 11.1. The van der Waals surface area contributed by atoms with E-state index in [1.54, 1.807) is 6.07 Å². The fourth-order valence-electron chi connectivity index (χ4n) is 2.14. The first-order valence-corrected chi connectivity index (χ1v) is 5.58. The largest absolute Gasteiger partial charge is 0.423 e. The van der Waals surface area contributed by atoms with Gasteiger partial charge < -0.3 is 9.52 Å². The van der Waals surface area contributed by atoms with Gasteiger partial charge in [-0.2, -0.15) is 0 Å². The summed E-state index contributed by atoms with van der Waals surface area (Å²) < 4.78 is 5.15. The maximum absolute atomic E-state index is 11.1.